The van der Waals surface area contributed by atoms with Gasteiger partial charge in [-0.15, -0.1) is 24.0 Å². The molecule has 1 heterocycles. The number of amides is 2. The number of imide groups is 1. The molecule has 3 rings (SSSR count). The Kier molecular flexibility index (Phi) is 9.10. The lowest BCUT2D eigenvalue weighted by Crippen LogP contribution is -2.43. The second-order valence-corrected chi connectivity index (χ2v) is 9.76. The molecular formula is C19H32IN5O4S. The monoisotopic (exact) mass is 553 g/mol. The Balaban J connectivity index is 0.00000320. The van der Waals surface area contributed by atoms with E-state index in [1.54, 1.807) is 6.92 Å². The molecule has 11 heteroatoms. The Labute approximate surface area is 195 Å². The van der Waals surface area contributed by atoms with Crippen molar-refractivity contribution in [2.45, 2.75) is 26.7 Å². The van der Waals surface area contributed by atoms with E-state index in [0.29, 0.717) is 45.1 Å². The number of aliphatic imine (C=N–C) groups is 1. The quantitative estimate of drug-likeness (QED) is 0.0894. The molecule has 170 valence electrons. The van der Waals surface area contributed by atoms with Gasteiger partial charge in [-0.1, -0.05) is 12.2 Å². The minimum Gasteiger partial charge on any atom is -0.357 e. The van der Waals surface area contributed by atoms with Crippen molar-refractivity contribution in [2.24, 2.45) is 28.7 Å². The molecule has 0 spiro atoms. The molecule has 1 saturated carbocycles. The van der Waals surface area contributed by atoms with Crippen molar-refractivity contribution in [1.82, 2.24) is 20.3 Å². The summed E-state index contributed by atoms with van der Waals surface area (Å²) in [7, 11) is -3.18. The standard InChI is InChI=1S/C19H31N5O4S.HI/c1-3-20-19(21-8-5-9-23-29(27,28)4-2)22-10-11-24-17(25)15-13-6-7-14(12-13)16(15)18(24)26;/h6-7,13-16,23H,3-5,8-12H2,1-2H3,(H2,20,21,22);1H. The second kappa shape index (κ2) is 10.9. The Morgan fingerprint density at radius 1 is 1.10 bits per heavy atom. The van der Waals surface area contributed by atoms with Crippen LogP contribution in [0.3, 0.4) is 0 Å². The number of carbonyl (C=O) groups excluding carboxylic acids is 2. The van der Waals surface area contributed by atoms with E-state index in [1.165, 1.54) is 4.90 Å². The molecule has 2 aliphatic carbocycles. The van der Waals surface area contributed by atoms with Gasteiger partial charge in [0.1, 0.15) is 0 Å². The first kappa shape index (κ1) is 25.1. The Morgan fingerprint density at radius 2 is 1.73 bits per heavy atom. The van der Waals surface area contributed by atoms with Crippen molar-refractivity contribution in [3.05, 3.63) is 12.2 Å². The van der Waals surface area contributed by atoms with Crippen LogP contribution in [0, 0.1) is 23.7 Å². The summed E-state index contributed by atoms with van der Waals surface area (Å²) in [5, 5.41) is 6.26. The predicted molar refractivity (Wildman–Crippen MR) is 126 cm³/mol. The molecule has 3 N–H and O–H groups in total. The zero-order valence-electron chi connectivity index (χ0n) is 17.5. The molecule has 30 heavy (non-hydrogen) atoms. The van der Waals surface area contributed by atoms with E-state index in [1.807, 2.05) is 6.92 Å². The van der Waals surface area contributed by atoms with E-state index in [9.17, 15) is 18.0 Å². The molecule has 0 aromatic heterocycles. The van der Waals surface area contributed by atoms with Gasteiger partial charge in [-0.3, -0.25) is 19.5 Å². The van der Waals surface area contributed by atoms with Crippen LogP contribution in [0.2, 0.25) is 0 Å². The molecule has 3 aliphatic rings. The maximum atomic E-state index is 12.7. The first-order valence-electron chi connectivity index (χ1n) is 10.4. The highest BCUT2D eigenvalue weighted by atomic mass is 127. The van der Waals surface area contributed by atoms with E-state index in [4.69, 9.17) is 0 Å². The number of likely N-dealkylation sites (tertiary alicyclic amines) is 1. The van der Waals surface area contributed by atoms with E-state index in [-0.39, 0.29) is 65.2 Å². The van der Waals surface area contributed by atoms with E-state index in [0.717, 1.165) is 6.42 Å². The fourth-order valence-corrected chi connectivity index (χ4v) is 5.07. The van der Waals surface area contributed by atoms with Gasteiger partial charge in [0.25, 0.3) is 0 Å². The van der Waals surface area contributed by atoms with E-state index >= 15 is 0 Å². The largest absolute Gasteiger partial charge is 0.357 e. The van der Waals surface area contributed by atoms with Crippen LogP contribution in [0.5, 0.6) is 0 Å². The summed E-state index contributed by atoms with van der Waals surface area (Å²) < 4.78 is 25.3. The molecule has 1 aliphatic heterocycles. The molecule has 2 fully saturated rings. The summed E-state index contributed by atoms with van der Waals surface area (Å²) in [4.78, 5) is 31.2. The third-order valence-corrected chi connectivity index (χ3v) is 7.24. The minimum atomic E-state index is -3.18. The predicted octanol–water partition coefficient (Wildman–Crippen LogP) is 0.296. The van der Waals surface area contributed by atoms with Crippen LogP contribution in [0.4, 0.5) is 0 Å². The number of hydrogen-bond donors (Lipinski definition) is 3. The van der Waals surface area contributed by atoms with Crippen LogP contribution in [-0.2, 0) is 19.6 Å². The molecular weight excluding hydrogens is 521 g/mol. The van der Waals surface area contributed by atoms with Crippen molar-refractivity contribution in [3.8, 4) is 0 Å². The first-order valence-corrected chi connectivity index (χ1v) is 12.1. The summed E-state index contributed by atoms with van der Waals surface area (Å²) in [5.74, 6) is 0.706. The fourth-order valence-electron chi connectivity index (χ4n) is 4.41. The van der Waals surface area contributed by atoms with Gasteiger partial charge in [0, 0.05) is 32.7 Å². The molecule has 1 saturated heterocycles. The number of hydrogen-bond acceptors (Lipinski definition) is 5. The molecule has 9 nitrogen and oxygen atoms in total. The maximum absolute atomic E-state index is 12.7. The SMILES string of the molecule is CCNC(=NCCCNS(=O)(=O)CC)NCCN1C(=O)C2C3C=CC(C3)C2C1=O.I. The van der Waals surface area contributed by atoms with E-state index < -0.39 is 10.0 Å². The molecule has 0 radical (unpaired) electrons. The van der Waals surface area contributed by atoms with E-state index in [2.05, 4.69) is 32.5 Å². The highest BCUT2D eigenvalue weighted by molar-refractivity contribution is 14.0. The number of sulfonamides is 1. The lowest BCUT2D eigenvalue weighted by atomic mass is 9.85. The zero-order chi connectivity index (χ0) is 21.0. The number of nitrogens with zero attached hydrogens (tertiary/aromatic N) is 2. The number of halogens is 1. The van der Waals surface area contributed by atoms with Gasteiger partial charge in [0.15, 0.2) is 5.96 Å². The smallest absolute Gasteiger partial charge is 0.233 e. The Bertz CT molecular complexity index is 771. The minimum absolute atomic E-state index is 0. The third kappa shape index (κ3) is 5.52. The summed E-state index contributed by atoms with van der Waals surface area (Å²) in [6, 6.07) is 0. The van der Waals surface area contributed by atoms with Gasteiger partial charge in [-0.05, 0) is 38.5 Å². The van der Waals surface area contributed by atoms with Gasteiger partial charge < -0.3 is 10.6 Å². The number of guanidine groups is 1. The average molecular weight is 553 g/mol. The molecule has 2 bridgehead atoms. The van der Waals surface area contributed by atoms with Crippen molar-refractivity contribution in [1.29, 1.82) is 0 Å². The summed E-state index contributed by atoms with van der Waals surface area (Å²) in [5.41, 5.74) is 0. The molecule has 4 unspecified atom stereocenters. The summed E-state index contributed by atoms with van der Waals surface area (Å²) in [6.07, 6.45) is 5.70. The molecule has 0 aromatic carbocycles. The van der Waals surface area contributed by atoms with Crippen molar-refractivity contribution in [2.75, 3.05) is 38.5 Å². The highest BCUT2D eigenvalue weighted by Crippen LogP contribution is 2.52. The van der Waals surface area contributed by atoms with Crippen LogP contribution < -0.4 is 15.4 Å². The first-order chi connectivity index (χ1) is 13.9. The van der Waals surface area contributed by atoms with Crippen LogP contribution in [0.15, 0.2) is 17.1 Å². The fraction of sp³-hybridized carbons (Fsp3) is 0.737. The Morgan fingerprint density at radius 3 is 2.30 bits per heavy atom. The van der Waals surface area contributed by atoms with Gasteiger partial charge >= 0.3 is 0 Å². The average Bonchev–Trinajstić information content (AvgIpc) is 3.37. The van der Waals surface area contributed by atoms with Crippen molar-refractivity contribution < 1.29 is 18.0 Å². The zero-order valence-corrected chi connectivity index (χ0v) is 20.6. The van der Waals surface area contributed by atoms with Gasteiger partial charge in [0.05, 0.1) is 17.6 Å². The number of allylic oxidation sites excluding steroid dienone is 2. The van der Waals surface area contributed by atoms with Crippen LogP contribution in [0.25, 0.3) is 0 Å². The van der Waals surface area contributed by atoms with Gasteiger partial charge in [0.2, 0.25) is 21.8 Å². The molecule has 4 atom stereocenters. The lowest BCUT2D eigenvalue weighted by molar-refractivity contribution is -0.140. The lowest BCUT2D eigenvalue weighted by Gasteiger charge is -2.18. The molecule has 2 amide bonds. The number of nitrogens with one attached hydrogen (secondary N) is 3. The maximum Gasteiger partial charge on any atom is 0.233 e. The van der Waals surface area contributed by atoms with Crippen molar-refractivity contribution in [3.63, 3.8) is 0 Å². The highest BCUT2D eigenvalue weighted by Gasteiger charge is 2.58. The van der Waals surface area contributed by atoms with Crippen LogP contribution >= 0.6 is 24.0 Å². The van der Waals surface area contributed by atoms with Crippen LogP contribution in [0.1, 0.15) is 26.7 Å². The number of fused-ring (bicyclic) bond motifs is 5. The summed E-state index contributed by atoms with van der Waals surface area (Å²) in [6.45, 7) is 5.77. The topological polar surface area (TPSA) is 120 Å². The van der Waals surface area contributed by atoms with Crippen molar-refractivity contribution >= 4 is 51.8 Å². The number of carbonyl (C=O) groups is 2. The number of rotatable bonds is 10. The third-order valence-electron chi connectivity index (χ3n) is 5.84. The molecule has 0 aromatic rings. The Hall–Kier alpha value is -1.21. The normalized spacial score (nSPS) is 27.4. The summed E-state index contributed by atoms with van der Waals surface area (Å²) >= 11 is 0. The van der Waals surface area contributed by atoms with Gasteiger partial charge in [-0.2, -0.15) is 0 Å². The second-order valence-electron chi connectivity index (χ2n) is 7.67. The van der Waals surface area contributed by atoms with Crippen LogP contribution in [-0.4, -0.2) is 69.6 Å². The van der Waals surface area contributed by atoms with Gasteiger partial charge in [-0.25, -0.2) is 13.1 Å².